The molecule has 0 fully saturated rings. The smallest absolute Gasteiger partial charge is 0.307 e. The van der Waals surface area contributed by atoms with Crippen LogP contribution in [0.5, 0.6) is 0 Å². The highest BCUT2D eigenvalue weighted by Gasteiger charge is 2.51. The number of nitrogens with zero attached hydrogens (tertiary/aromatic N) is 1. The summed E-state index contributed by atoms with van der Waals surface area (Å²) in [5.74, 6) is 0. The van der Waals surface area contributed by atoms with Gasteiger partial charge in [-0.25, -0.2) is 4.79 Å². The van der Waals surface area contributed by atoms with E-state index in [1.54, 1.807) is 37.3 Å². The molecule has 0 aromatic heterocycles. The lowest BCUT2D eigenvalue weighted by molar-refractivity contribution is -0.183. The molecule has 1 heterocycles. The van der Waals surface area contributed by atoms with Crippen LogP contribution in [0, 0.1) is 0 Å². The fourth-order valence-corrected chi connectivity index (χ4v) is 3.13. The van der Waals surface area contributed by atoms with Gasteiger partial charge in [0.15, 0.2) is 6.04 Å². The van der Waals surface area contributed by atoms with Crippen molar-refractivity contribution >= 4 is 23.3 Å². The Balaban J connectivity index is 2.12. The maximum atomic E-state index is 13.8. The van der Waals surface area contributed by atoms with Crippen LogP contribution in [0.2, 0.25) is 5.02 Å². The molecule has 24 heavy (non-hydrogen) atoms. The Kier molecular flexibility index (Phi) is 4.17. The largest absolute Gasteiger partial charge is 0.413 e. The molecule has 0 bridgehead atoms. The van der Waals surface area contributed by atoms with Crippen molar-refractivity contribution in [3.63, 3.8) is 0 Å². The molecular formula is C17H14ClF3N2O. The maximum absolute atomic E-state index is 13.8. The van der Waals surface area contributed by atoms with Gasteiger partial charge in [0.1, 0.15) is 0 Å². The average molecular weight is 355 g/mol. The number of benzene rings is 2. The number of rotatable bonds is 2. The van der Waals surface area contributed by atoms with Crippen LogP contribution < -0.4 is 5.32 Å². The van der Waals surface area contributed by atoms with Crippen molar-refractivity contribution in [2.45, 2.75) is 25.2 Å². The van der Waals surface area contributed by atoms with E-state index in [4.69, 9.17) is 11.6 Å². The lowest BCUT2D eigenvalue weighted by atomic mass is 9.96. The average Bonchev–Trinajstić information content (AvgIpc) is 2.53. The summed E-state index contributed by atoms with van der Waals surface area (Å²) >= 11 is 5.87. The standard InChI is InChI=1S/C17H14ClF3N2O/c1-10(11-5-3-2-4-6-11)23-15(17(19,20)21)13-9-12(18)7-8-14(13)22-16(23)24/h2-10,15H,1H3,(H,22,24)/t10-,15-/m1/s1. The molecule has 2 amide bonds. The van der Waals surface area contributed by atoms with Gasteiger partial charge in [0.2, 0.25) is 0 Å². The van der Waals surface area contributed by atoms with E-state index < -0.39 is 24.3 Å². The minimum atomic E-state index is -4.62. The van der Waals surface area contributed by atoms with Crippen LogP contribution >= 0.6 is 11.6 Å². The van der Waals surface area contributed by atoms with Crippen LogP contribution in [-0.4, -0.2) is 17.1 Å². The highest BCUT2D eigenvalue weighted by atomic mass is 35.5. The number of urea groups is 1. The number of carbonyl (C=O) groups is 1. The molecule has 1 aliphatic rings. The molecule has 0 saturated heterocycles. The van der Waals surface area contributed by atoms with E-state index in [2.05, 4.69) is 5.32 Å². The third kappa shape index (κ3) is 2.94. The van der Waals surface area contributed by atoms with Crippen molar-refractivity contribution < 1.29 is 18.0 Å². The van der Waals surface area contributed by atoms with Crippen LogP contribution in [0.15, 0.2) is 48.5 Å². The fourth-order valence-electron chi connectivity index (χ4n) is 2.95. The lowest BCUT2D eigenvalue weighted by Crippen LogP contribution is -2.49. The van der Waals surface area contributed by atoms with Crippen LogP contribution in [0.25, 0.3) is 0 Å². The summed E-state index contributed by atoms with van der Waals surface area (Å²) in [5.41, 5.74) is 0.688. The number of nitrogens with one attached hydrogen (secondary N) is 1. The van der Waals surface area contributed by atoms with Crippen LogP contribution in [-0.2, 0) is 0 Å². The molecule has 0 saturated carbocycles. The summed E-state index contributed by atoms with van der Waals surface area (Å²) in [7, 11) is 0. The number of alkyl halides is 3. The molecule has 2 aromatic carbocycles. The number of halogens is 4. The first-order chi connectivity index (χ1) is 11.3. The second-order valence-electron chi connectivity index (χ2n) is 5.60. The van der Waals surface area contributed by atoms with Gasteiger partial charge in [0, 0.05) is 16.3 Å². The zero-order valence-electron chi connectivity index (χ0n) is 12.6. The molecule has 0 unspecified atom stereocenters. The molecule has 0 aliphatic carbocycles. The molecule has 2 atom stereocenters. The summed E-state index contributed by atoms with van der Waals surface area (Å²) in [6.07, 6.45) is -4.62. The van der Waals surface area contributed by atoms with Crippen molar-refractivity contribution in [3.05, 3.63) is 64.7 Å². The van der Waals surface area contributed by atoms with Crippen molar-refractivity contribution in [1.82, 2.24) is 4.90 Å². The van der Waals surface area contributed by atoms with Crippen molar-refractivity contribution in [2.75, 3.05) is 5.32 Å². The highest BCUT2D eigenvalue weighted by Crippen LogP contribution is 2.47. The van der Waals surface area contributed by atoms with Gasteiger partial charge in [0.05, 0.1) is 6.04 Å². The maximum Gasteiger partial charge on any atom is 0.413 e. The predicted octanol–water partition coefficient (Wildman–Crippen LogP) is 5.55. The van der Waals surface area contributed by atoms with Crippen LogP contribution in [0.4, 0.5) is 23.7 Å². The highest BCUT2D eigenvalue weighted by molar-refractivity contribution is 6.30. The predicted molar refractivity (Wildman–Crippen MR) is 86.0 cm³/mol. The van der Waals surface area contributed by atoms with Crippen molar-refractivity contribution in [1.29, 1.82) is 0 Å². The van der Waals surface area contributed by atoms with Gasteiger partial charge >= 0.3 is 12.2 Å². The molecule has 3 rings (SSSR count). The molecule has 1 aliphatic heterocycles. The van der Waals surface area contributed by atoms with E-state index in [0.717, 1.165) is 4.90 Å². The van der Waals surface area contributed by atoms with Crippen molar-refractivity contribution in [3.8, 4) is 0 Å². The van der Waals surface area contributed by atoms with Gasteiger partial charge in [-0.2, -0.15) is 13.2 Å². The molecule has 7 heteroatoms. The fraction of sp³-hybridized carbons (Fsp3) is 0.235. The molecule has 126 valence electrons. The Morgan fingerprint density at radius 1 is 1.17 bits per heavy atom. The first-order valence-corrected chi connectivity index (χ1v) is 7.67. The zero-order valence-corrected chi connectivity index (χ0v) is 13.4. The Bertz CT molecular complexity index is 764. The van der Waals surface area contributed by atoms with Crippen LogP contribution in [0.1, 0.15) is 30.1 Å². The number of carbonyl (C=O) groups excluding carboxylic acids is 1. The van der Waals surface area contributed by atoms with E-state index in [0.29, 0.717) is 5.56 Å². The lowest BCUT2D eigenvalue weighted by Gasteiger charge is -2.41. The van der Waals surface area contributed by atoms with Gasteiger partial charge in [-0.3, -0.25) is 0 Å². The Morgan fingerprint density at radius 3 is 2.46 bits per heavy atom. The van der Waals surface area contributed by atoms with Crippen LogP contribution in [0.3, 0.4) is 0 Å². The normalized spacial score (nSPS) is 18.8. The van der Waals surface area contributed by atoms with Gasteiger partial charge in [0.25, 0.3) is 0 Å². The summed E-state index contributed by atoms with van der Waals surface area (Å²) in [6, 6.07) is 9.08. The summed E-state index contributed by atoms with van der Waals surface area (Å²) < 4.78 is 41.4. The van der Waals surface area contributed by atoms with Crippen molar-refractivity contribution in [2.24, 2.45) is 0 Å². The third-order valence-corrected chi connectivity index (χ3v) is 4.31. The van der Waals surface area contributed by atoms with Gasteiger partial charge in [-0.05, 0) is 30.7 Å². The quantitative estimate of drug-likeness (QED) is 0.753. The third-order valence-electron chi connectivity index (χ3n) is 4.07. The van der Waals surface area contributed by atoms with Gasteiger partial charge < -0.3 is 10.2 Å². The Hall–Kier alpha value is -2.21. The second kappa shape index (κ2) is 6.02. The summed E-state index contributed by atoms with van der Waals surface area (Å²) in [5, 5.41) is 2.70. The monoisotopic (exact) mass is 354 g/mol. The van der Waals surface area contributed by atoms with E-state index in [1.165, 1.54) is 18.2 Å². The van der Waals surface area contributed by atoms with E-state index in [9.17, 15) is 18.0 Å². The number of anilines is 1. The number of fused-ring (bicyclic) bond motifs is 1. The molecule has 0 spiro atoms. The van der Waals surface area contributed by atoms with Gasteiger partial charge in [-0.1, -0.05) is 41.9 Å². The molecule has 1 N–H and O–H groups in total. The summed E-state index contributed by atoms with van der Waals surface area (Å²) in [6.45, 7) is 1.57. The second-order valence-corrected chi connectivity index (χ2v) is 6.04. The summed E-state index contributed by atoms with van der Waals surface area (Å²) in [4.78, 5) is 13.2. The zero-order chi connectivity index (χ0) is 17.5. The van der Waals surface area contributed by atoms with E-state index in [-0.39, 0.29) is 16.3 Å². The molecule has 3 nitrogen and oxygen atoms in total. The molecular weight excluding hydrogens is 341 g/mol. The number of hydrogen-bond acceptors (Lipinski definition) is 1. The number of amides is 2. The number of hydrogen-bond donors (Lipinski definition) is 1. The SMILES string of the molecule is C[C@H](c1ccccc1)N1C(=O)Nc2ccc(Cl)cc2[C@@H]1C(F)(F)F. The molecule has 2 aromatic rings. The first-order valence-electron chi connectivity index (χ1n) is 7.29. The Labute approximate surface area is 142 Å². The van der Waals surface area contributed by atoms with Gasteiger partial charge in [-0.15, -0.1) is 0 Å². The molecule has 0 radical (unpaired) electrons. The minimum Gasteiger partial charge on any atom is -0.307 e. The van der Waals surface area contributed by atoms with E-state index >= 15 is 0 Å². The Morgan fingerprint density at radius 2 is 1.83 bits per heavy atom. The van der Waals surface area contributed by atoms with E-state index in [1.807, 2.05) is 0 Å². The first kappa shape index (κ1) is 16.6. The minimum absolute atomic E-state index is 0.0580. The topological polar surface area (TPSA) is 32.3 Å².